The van der Waals surface area contributed by atoms with Crippen LogP contribution in [0.3, 0.4) is 0 Å². The second-order valence-corrected chi connectivity index (χ2v) is 6.86. The molecule has 0 saturated carbocycles. The molecular weight excluding hydrogens is 236 g/mol. The van der Waals surface area contributed by atoms with Gasteiger partial charge in [-0.1, -0.05) is 0 Å². The molecule has 3 heterocycles. The molecule has 3 saturated heterocycles. The molecule has 0 aliphatic carbocycles. The summed E-state index contributed by atoms with van der Waals surface area (Å²) in [6.07, 6.45) is 6.69. The lowest BCUT2D eigenvalue weighted by atomic mass is 9.81. The van der Waals surface area contributed by atoms with Crippen molar-refractivity contribution in [3.8, 4) is 0 Å². The van der Waals surface area contributed by atoms with Gasteiger partial charge in [-0.2, -0.15) is 0 Å². The second-order valence-electron chi connectivity index (χ2n) is 6.86. The van der Waals surface area contributed by atoms with E-state index in [1.807, 2.05) is 0 Å². The van der Waals surface area contributed by atoms with Crippen LogP contribution in [0.15, 0.2) is 0 Å². The molecule has 4 nitrogen and oxygen atoms in total. The Morgan fingerprint density at radius 2 is 1.95 bits per heavy atom. The highest BCUT2D eigenvalue weighted by molar-refractivity contribution is 5.02. The van der Waals surface area contributed by atoms with Gasteiger partial charge in [-0.3, -0.25) is 4.90 Å². The van der Waals surface area contributed by atoms with E-state index in [4.69, 9.17) is 5.73 Å². The van der Waals surface area contributed by atoms with Crippen molar-refractivity contribution in [2.24, 2.45) is 5.73 Å². The van der Waals surface area contributed by atoms with E-state index < -0.39 is 0 Å². The highest BCUT2D eigenvalue weighted by atomic mass is 15.3. The van der Waals surface area contributed by atoms with Crippen molar-refractivity contribution < 1.29 is 0 Å². The summed E-state index contributed by atoms with van der Waals surface area (Å²) in [5.41, 5.74) is 6.57. The molecule has 0 radical (unpaired) electrons. The monoisotopic (exact) mass is 266 g/mol. The van der Waals surface area contributed by atoms with Gasteiger partial charge >= 0.3 is 0 Å². The lowest BCUT2D eigenvalue weighted by Gasteiger charge is -2.50. The van der Waals surface area contributed by atoms with Crippen LogP contribution in [0.4, 0.5) is 0 Å². The average Bonchev–Trinajstić information content (AvgIpc) is 2.78. The van der Waals surface area contributed by atoms with Crippen LogP contribution in [0, 0.1) is 0 Å². The largest absolute Gasteiger partial charge is 0.329 e. The maximum Gasteiger partial charge on any atom is 0.0359 e. The number of rotatable bonds is 2. The summed E-state index contributed by atoms with van der Waals surface area (Å²) in [5.74, 6) is 0. The molecule has 0 bridgehead atoms. The van der Waals surface area contributed by atoms with Gasteiger partial charge in [-0.25, -0.2) is 0 Å². The van der Waals surface area contributed by atoms with Gasteiger partial charge in [-0.05, 0) is 52.2 Å². The van der Waals surface area contributed by atoms with E-state index in [9.17, 15) is 0 Å². The summed E-state index contributed by atoms with van der Waals surface area (Å²) < 4.78 is 0. The van der Waals surface area contributed by atoms with Crippen LogP contribution in [0.2, 0.25) is 0 Å². The molecule has 19 heavy (non-hydrogen) atoms. The predicted molar refractivity (Wildman–Crippen MR) is 79.3 cm³/mol. The lowest BCUT2D eigenvalue weighted by molar-refractivity contribution is 0.0129. The van der Waals surface area contributed by atoms with Crippen LogP contribution < -0.4 is 5.73 Å². The lowest BCUT2D eigenvalue weighted by Crippen LogP contribution is -2.61. The number of hydrogen-bond acceptors (Lipinski definition) is 4. The Morgan fingerprint density at radius 1 is 1.05 bits per heavy atom. The van der Waals surface area contributed by atoms with Gasteiger partial charge in [0, 0.05) is 44.3 Å². The molecule has 3 rings (SSSR count). The minimum Gasteiger partial charge on any atom is -0.329 e. The molecule has 0 spiro atoms. The third-order valence-corrected chi connectivity index (χ3v) is 5.75. The Bertz CT molecular complexity index is 309. The molecule has 0 amide bonds. The fourth-order valence-corrected chi connectivity index (χ4v) is 4.44. The SMILES string of the molecule is CN1CCCN(C2(CN)CCN3CCCC3C2)CC1. The quantitative estimate of drug-likeness (QED) is 0.793. The molecule has 3 fully saturated rings. The fraction of sp³-hybridized carbons (Fsp3) is 1.00. The molecule has 2 N–H and O–H groups in total. The van der Waals surface area contributed by atoms with E-state index >= 15 is 0 Å². The minimum atomic E-state index is 0.302. The summed E-state index contributed by atoms with van der Waals surface area (Å²) in [4.78, 5) is 7.92. The maximum atomic E-state index is 6.26. The van der Waals surface area contributed by atoms with Crippen LogP contribution in [-0.4, -0.2) is 79.1 Å². The van der Waals surface area contributed by atoms with Crippen LogP contribution in [-0.2, 0) is 0 Å². The summed E-state index contributed by atoms with van der Waals surface area (Å²) in [6, 6.07) is 0.818. The molecule has 2 unspecified atom stereocenters. The third kappa shape index (κ3) is 2.68. The van der Waals surface area contributed by atoms with E-state index in [0.29, 0.717) is 5.54 Å². The smallest absolute Gasteiger partial charge is 0.0359 e. The van der Waals surface area contributed by atoms with Crippen molar-refractivity contribution in [3.05, 3.63) is 0 Å². The van der Waals surface area contributed by atoms with Gasteiger partial charge in [0.1, 0.15) is 0 Å². The summed E-state index contributed by atoms with van der Waals surface area (Å²) in [7, 11) is 2.25. The Morgan fingerprint density at radius 3 is 2.79 bits per heavy atom. The number of piperidine rings is 1. The zero-order valence-corrected chi connectivity index (χ0v) is 12.5. The topological polar surface area (TPSA) is 35.7 Å². The first-order valence-corrected chi connectivity index (χ1v) is 8.11. The van der Waals surface area contributed by atoms with Gasteiger partial charge in [-0.15, -0.1) is 0 Å². The van der Waals surface area contributed by atoms with E-state index in [1.165, 1.54) is 71.4 Å². The highest BCUT2D eigenvalue weighted by Gasteiger charge is 2.44. The highest BCUT2D eigenvalue weighted by Crippen LogP contribution is 2.36. The van der Waals surface area contributed by atoms with Gasteiger partial charge in [0.15, 0.2) is 0 Å². The standard InChI is InChI=1S/C15H30N4/c1-17-6-3-8-19(11-10-17)15(13-16)5-9-18-7-2-4-14(18)12-15/h14H,2-13,16H2,1H3. The van der Waals surface area contributed by atoms with E-state index in [1.54, 1.807) is 0 Å². The third-order valence-electron chi connectivity index (χ3n) is 5.75. The van der Waals surface area contributed by atoms with Gasteiger partial charge in [0.25, 0.3) is 0 Å². The molecule has 4 heteroatoms. The molecule has 110 valence electrons. The van der Waals surface area contributed by atoms with Crippen LogP contribution in [0.25, 0.3) is 0 Å². The van der Waals surface area contributed by atoms with Gasteiger partial charge in [0.05, 0.1) is 0 Å². The molecule has 2 atom stereocenters. The Balaban J connectivity index is 1.71. The first-order valence-electron chi connectivity index (χ1n) is 8.11. The van der Waals surface area contributed by atoms with Crippen LogP contribution >= 0.6 is 0 Å². The number of nitrogens with zero attached hydrogens (tertiary/aromatic N) is 3. The zero-order valence-electron chi connectivity index (χ0n) is 12.5. The number of hydrogen-bond donors (Lipinski definition) is 1. The van der Waals surface area contributed by atoms with Crippen molar-refractivity contribution in [1.29, 1.82) is 0 Å². The fourth-order valence-electron chi connectivity index (χ4n) is 4.44. The first-order chi connectivity index (χ1) is 9.23. The van der Waals surface area contributed by atoms with E-state index in [0.717, 1.165) is 12.6 Å². The zero-order chi connectivity index (χ0) is 13.3. The summed E-state index contributed by atoms with van der Waals surface area (Å²) in [5, 5.41) is 0. The van der Waals surface area contributed by atoms with Crippen molar-refractivity contribution in [2.75, 3.05) is 52.9 Å². The van der Waals surface area contributed by atoms with Gasteiger partial charge in [0.2, 0.25) is 0 Å². The number of fused-ring (bicyclic) bond motifs is 1. The van der Waals surface area contributed by atoms with Crippen molar-refractivity contribution >= 4 is 0 Å². The normalized spacial score (nSPS) is 39.2. The number of nitrogens with two attached hydrogens (primary N) is 1. The molecule has 0 aromatic rings. The van der Waals surface area contributed by atoms with E-state index in [-0.39, 0.29) is 0 Å². The summed E-state index contributed by atoms with van der Waals surface area (Å²) >= 11 is 0. The predicted octanol–water partition coefficient (Wildman–Crippen LogP) is 0.580. The van der Waals surface area contributed by atoms with Crippen LogP contribution in [0.1, 0.15) is 32.1 Å². The minimum absolute atomic E-state index is 0.302. The Labute approximate surface area is 117 Å². The molecule has 3 aliphatic rings. The second kappa shape index (κ2) is 5.68. The average molecular weight is 266 g/mol. The summed E-state index contributed by atoms with van der Waals surface area (Å²) in [6.45, 7) is 8.35. The van der Waals surface area contributed by atoms with Crippen LogP contribution in [0.5, 0.6) is 0 Å². The molecular formula is C15H30N4. The number of likely N-dealkylation sites (N-methyl/N-ethyl adjacent to an activating group) is 1. The Kier molecular flexibility index (Phi) is 4.13. The first kappa shape index (κ1) is 13.8. The molecule has 0 aromatic carbocycles. The Hall–Kier alpha value is -0.160. The molecule has 0 aromatic heterocycles. The van der Waals surface area contributed by atoms with E-state index in [2.05, 4.69) is 21.7 Å². The molecule has 3 aliphatic heterocycles. The van der Waals surface area contributed by atoms with Crippen molar-refractivity contribution in [2.45, 2.75) is 43.7 Å². The maximum absolute atomic E-state index is 6.26. The van der Waals surface area contributed by atoms with Gasteiger partial charge < -0.3 is 15.5 Å². The van der Waals surface area contributed by atoms with Crippen molar-refractivity contribution in [3.63, 3.8) is 0 Å². The van der Waals surface area contributed by atoms with Crippen molar-refractivity contribution in [1.82, 2.24) is 14.7 Å².